The van der Waals surface area contributed by atoms with Gasteiger partial charge in [0.1, 0.15) is 13.2 Å². The van der Waals surface area contributed by atoms with Gasteiger partial charge in [-0.3, -0.25) is 13.8 Å². The number of carbonyl (C=O) groups is 1. The Bertz CT molecular complexity index is 1650. The van der Waals surface area contributed by atoms with E-state index in [9.17, 15) is 19.4 Å². The molecule has 8 nitrogen and oxygen atoms in total. The second-order valence-electron chi connectivity index (χ2n) is 30.9. The Hall–Kier alpha value is -1.28. The molecule has 0 aliphatic rings. The molecule has 0 aromatic heterocycles. The minimum absolute atomic E-state index is 0.0587. The lowest BCUT2D eigenvalue weighted by Crippen LogP contribution is -2.45. The lowest BCUT2D eigenvalue weighted by molar-refractivity contribution is -0.870. The molecule has 0 spiro atoms. The molecule has 3 atom stereocenters. The number of unbranched alkanes of at least 4 members (excludes halogenated alkanes) is 64. The van der Waals surface area contributed by atoms with Gasteiger partial charge in [-0.1, -0.05) is 429 Å². The van der Waals surface area contributed by atoms with Crippen molar-refractivity contribution in [3.63, 3.8) is 0 Å². The molecule has 0 aliphatic heterocycles. The number of carbonyl (C=O) groups excluding carboxylic acids is 1. The molecule has 0 heterocycles. The smallest absolute Gasteiger partial charge is 0.387 e. The average molecular weight is 1360 g/mol. The van der Waals surface area contributed by atoms with E-state index in [1.54, 1.807) is 6.08 Å². The molecule has 0 aliphatic carbocycles. The third kappa shape index (κ3) is 79.9. The van der Waals surface area contributed by atoms with Crippen LogP contribution in [0.4, 0.5) is 0 Å². The van der Waals surface area contributed by atoms with Crippen molar-refractivity contribution in [1.29, 1.82) is 0 Å². The third-order valence-electron chi connectivity index (χ3n) is 20.1. The molecule has 3 N–H and O–H groups in total. The van der Waals surface area contributed by atoms with Gasteiger partial charge >= 0.3 is 7.82 Å². The summed E-state index contributed by atoms with van der Waals surface area (Å²) in [5, 5.41) is 14.1. The molecule has 564 valence electrons. The number of allylic oxidation sites excluding steroid dienone is 5. The first-order chi connectivity index (χ1) is 46.5. The average Bonchev–Trinajstić information content (AvgIpc) is 2.01. The lowest BCUT2D eigenvalue weighted by Gasteiger charge is -2.25. The van der Waals surface area contributed by atoms with Crippen molar-refractivity contribution in [3.8, 4) is 0 Å². The van der Waals surface area contributed by atoms with Crippen LogP contribution in [0.25, 0.3) is 0 Å². The van der Waals surface area contributed by atoms with Crippen LogP contribution < -0.4 is 5.32 Å². The number of aliphatic hydroxyl groups is 1. The fraction of sp³-hybridized carbons (Fsp3) is 0.919. The molecule has 0 aromatic rings. The molecular formula is C86H170N2O6P+. The van der Waals surface area contributed by atoms with Crippen LogP contribution in [0.1, 0.15) is 457 Å². The van der Waals surface area contributed by atoms with E-state index in [2.05, 4.69) is 43.5 Å². The minimum atomic E-state index is -4.37. The highest BCUT2D eigenvalue weighted by atomic mass is 31.2. The van der Waals surface area contributed by atoms with Gasteiger partial charge in [0, 0.05) is 6.42 Å². The minimum Gasteiger partial charge on any atom is -0.387 e. The van der Waals surface area contributed by atoms with E-state index in [4.69, 9.17) is 9.05 Å². The van der Waals surface area contributed by atoms with Gasteiger partial charge in [-0.25, -0.2) is 4.57 Å². The van der Waals surface area contributed by atoms with Gasteiger partial charge < -0.3 is 19.8 Å². The van der Waals surface area contributed by atoms with Crippen molar-refractivity contribution in [2.45, 2.75) is 469 Å². The Labute approximate surface area is 595 Å². The number of nitrogens with one attached hydrogen (secondary N) is 1. The summed E-state index contributed by atoms with van der Waals surface area (Å²) >= 11 is 0. The SMILES string of the molecule is CCCCCCCCCC/C=C\CCCCCCCCCCCCCCCCCCCCCCCCCCCCCCCC(=O)NC(COP(=O)(O)OCC[N+](C)(C)C)C(O)/C=C/CC/C=C/CCCCCCCCCCCCCCCCCCCCCCCCCCCC. The van der Waals surface area contributed by atoms with E-state index in [-0.39, 0.29) is 19.1 Å². The quantitative estimate of drug-likeness (QED) is 0.0243. The molecular weight excluding hydrogens is 1190 g/mol. The Morgan fingerprint density at radius 3 is 0.842 bits per heavy atom. The number of hydrogen-bond donors (Lipinski definition) is 3. The number of hydrogen-bond acceptors (Lipinski definition) is 5. The normalized spacial score (nSPS) is 13.5. The molecule has 0 rings (SSSR count). The summed E-state index contributed by atoms with van der Waals surface area (Å²) in [5.74, 6) is -0.176. The van der Waals surface area contributed by atoms with Gasteiger partial charge in [0.15, 0.2) is 0 Å². The second kappa shape index (κ2) is 76.9. The van der Waals surface area contributed by atoms with Crippen LogP contribution in [-0.4, -0.2) is 73.4 Å². The topological polar surface area (TPSA) is 105 Å². The van der Waals surface area contributed by atoms with Crippen molar-refractivity contribution >= 4 is 13.7 Å². The Morgan fingerprint density at radius 2 is 0.579 bits per heavy atom. The summed E-state index contributed by atoms with van der Waals surface area (Å²) in [6, 6.07) is -0.864. The number of aliphatic hydroxyl groups excluding tert-OH is 1. The van der Waals surface area contributed by atoms with Gasteiger partial charge in [-0.2, -0.15) is 0 Å². The number of nitrogens with zero attached hydrogens (tertiary/aromatic N) is 1. The standard InChI is InChI=1S/C86H169N2O6P/c1-6-8-10-12-14-16-18-20-22-24-26-28-30-32-34-36-38-40-41-42-43-44-45-46-47-48-50-52-54-56-58-60-62-64-66-68-70-72-74-76-78-80-86(90)87-84(83-94-95(91,92)93-82-81-88(3,4)5)85(89)79-77-75-73-71-69-67-65-63-61-59-57-55-53-51-49-39-37-35-33-31-29-27-25-23-21-19-17-15-13-11-9-7-2/h24,26,69,71,77,79,84-85,89H,6-23,25,27-68,70,72-76,78,80-83H2,1-5H3,(H-,87,90,91,92)/p+1/b26-24-,71-69+,79-77+. The monoisotopic (exact) mass is 1360 g/mol. The van der Waals surface area contributed by atoms with Crippen molar-refractivity contribution in [2.75, 3.05) is 40.9 Å². The summed E-state index contributed by atoms with van der Waals surface area (Å²) in [6.45, 7) is 4.87. The molecule has 3 unspecified atom stereocenters. The van der Waals surface area contributed by atoms with E-state index in [1.807, 2.05) is 27.2 Å². The Morgan fingerprint density at radius 1 is 0.347 bits per heavy atom. The highest BCUT2D eigenvalue weighted by Gasteiger charge is 2.28. The van der Waals surface area contributed by atoms with Gasteiger partial charge in [-0.05, 0) is 57.8 Å². The summed E-state index contributed by atoms with van der Waals surface area (Å²) in [5.41, 5.74) is 0. The highest BCUT2D eigenvalue weighted by molar-refractivity contribution is 7.47. The largest absolute Gasteiger partial charge is 0.472 e. The summed E-state index contributed by atoms with van der Waals surface area (Å²) < 4.78 is 23.9. The first-order valence-corrected chi connectivity index (χ1v) is 44.4. The molecule has 9 heteroatoms. The maximum Gasteiger partial charge on any atom is 0.472 e. The molecule has 0 saturated heterocycles. The number of amides is 1. The molecule has 0 saturated carbocycles. The van der Waals surface area contributed by atoms with Gasteiger partial charge in [0.25, 0.3) is 0 Å². The van der Waals surface area contributed by atoms with Gasteiger partial charge in [0.2, 0.25) is 5.91 Å². The zero-order chi connectivity index (χ0) is 69.0. The summed E-state index contributed by atoms with van der Waals surface area (Å²) in [4.78, 5) is 23.5. The maximum atomic E-state index is 13.1. The number of likely N-dealkylation sites (N-methyl/N-ethyl adjacent to an activating group) is 1. The van der Waals surface area contributed by atoms with E-state index in [0.29, 0.717) is 17.4 Å². The van der Waals surface area contributed by atoms with E-state index >= 15 is 0 Å². The molecule has 1 amide bonds. The van der Waals surface area contributed by atoms with Crippen LogP contribution in [0.5, 0.6) is 0 Å². The number of rotatable bonds is 81. The third-order valence-corrected chi connectivity index (χ3v) is 21.1. The first-order valence-electron chi connectivity index (χ1n) is 42.9. The lowest BCUT2D eigenvalue weighted by atomic mass is 10.0. The van der Waals surface area contributed by atoms with Crippen molar-refractivity contribution in [2.24, 2.45) is 0 Å². The summed E-state index contributed by atoms with van der Waals surface area (Å²) in [7, 11) is 1.58. The molecule has 95 heavy (non-hydrogen) atoms. The molecule has 0 aromatic carbocycles. The van der Waals surface area contributed by atoms with Gasteiger partial charge in [0.05, 0.1) is 39.9 Å². The predicted octanol–water partition coefficient (Wildman–Crippen LogP) is 28.3. The van der Waals surface area contributed by atoms with Crippen molar-refractivity contribution < 1.29 is 32.9 Å². The van der Waals surface area contributed by atoms with Crippen LogP contribution in [0.15, 0.2) is 36.5 Å². The predicted molar refractivity (Wildman–Crippen MR) is 420 cm³/mol. The first kappa shape index (κ1) is 93.7. The number of quaternary nitrogens is 1. The van der Waals surface area contributed by atoms with Crippen LogP contribution in [0.3, 0.4) is 0 Å². The summed E-state index contributed by atoms with van der Waals surface area (Å²) in [6.07, 6.45) is 105. The molecule has 0 bridgehead atoms. The van der Waals surface area contributed by atoms with E-state index < -0.39 is 20.0 Å². The Kier molecular flexibility index (Phi) is 75.9. The second-order valence-corrected chi connectivity index (χ2v) is 32.4. The van der Waals surface area contributed by atoms with E-state index in [1.165, 1.54) is 398 Å². The van der Waals surface area contributed by atoms with Gasteiger partial charge in [-0.15, -0.1) is 0 Å². The van der Waals surface area contributed by atoms with Crippen LogP contribution >= 0.6 is 7.82 Å². The van der Waals surface area contributed by atoms with Crippen LogP contribution in [-0.2, 0) is 18.4 Å². The maximum absolute atomic E-state index is 13.1. The van der Waals surface area contributed by atoms with E-state index in [0.717, 1.165) is 38.5 Å². The number of phosphoric ester groups is 1. The molecule has 0 radical (unpaired) electrons. The Balaban J connectivity index is 3.91. The van der Waals surface area contributed by atoms with Crippen molar-refractivity contribution in [3.05, 3.63) is 36.5 Å². The number of phosphoric acid groups is 1. The van der Waals surface area contributed by atoms with Crippen LogP contribution in [0.2, 0.25) is 0 Å². The van der Waals surface area contributed by atoms with Crippen LogP contribution in [0, 0.1) is 0 Å². The molecule has 0 fully saturated rings. The zero-order valence-corrected chi connectivity index (χ0v) is 65.8. The fourth-order valence-corrected chi connectivity index (χ4v) is 14.2. The van der Waals surface area contributed by atoms with Crippen molar-refractivity contribution in [1.82, 2.24) is 5.32 Å². The zero-order valence-electron chi connectivity index (χ0n) is 65.0. The highest BCUT2D eigenvalue weighted by Crippen LogP contribution is 2.43. The fourth-order valence-electron chi connectivity index (χ4n) is 13.5.